The van der Waals surface area contributed by atoms with Gasteiger partial charge in [0.25, 0.3) is 5.91 Å². The molecule has 2 aromatic carbocycles. The number of carboxylic acid groups (broad SMARTS) is 1. The third-order valence-electron chi connectivity index (χ3n) is 6.01. The van der Waals surface area contributed by atoms with Gasteiger partial charge in [0.1, 0.15) is 28.9 Å². The summed E-state index contributed by atoms with van der Waals surface area (Å²) in [6.45, 7) is 1.62. The highest BCUT2D eigenvalue weighted by Gasteiger charge is 2.27. The van der Waals surface area contributed by atoms with Gasteiger partial charge in [-0.3, -0.25) is 4.79 Å². The summed E-state index contributed by atoms with van der Waals surface area (Å²) in [6, 6.07) is 11.4. The number of hydrogen-bond acceptors (Lipinski definition) is 7. The molecule has 0 saturated heterocycles. The predicted octanol–water partition coefficient (Wildman–Crippen LogP) is 2.85. The molecule has 4 rings (SSSR count). The Bertz CT molecular complexity index is 1460. The lowest BCUT2D eigenvalue weighted by Gasteiger charge is -2.22. The summed E-state index contributed by atoms with van der Waals surface area (Å²) < 4.78 is 46.0. The second kappa shape index (κ2) is 10.4. The van der Waals surface area contributed by atoms with Crippen LogP contribution < -0.4 is 15.8 Å². The molecule has 3 aromatic rings. The maximum atomic E-state index is 15.1. The summed E-state index contributed by atoms with van der Waals surface area (Å²) in [7, 11) is -4.11. The number of anilines is 1. The Kier molecular flexibility index (Phi) is 7.30. The maximum absolute atomic E-state index is 15.1. The minimum atomic E-state index is -4.11. The highest BCUT2D eigenvalue weighted by atomic mass is 32.2. The summed E-state index contributed by atoms with van der Waals surface area (Å²) in [4.78, 5) is 29.0. The lowest BCUT2D eigenvalue weighted by Crippen LogP contribution is -2.33. The molecule has 0 bridgehead atoms. The SMILES string of the molecule is Cc1c(C(=O)N2CCOc3ccc(-c4ccc(N)nc4)cc3C2)ccc(S(=O)(=O)CCNC(=O)O)c1F. The molecular weight excluding hydrogens is 503 g/mol. The van der Waals surface area contributed by atoms with E-state index in [0.717, 1.165) is 22.8 Å². The Hall–Kier alpha value is -4.19. The number of ether oxygens (including phenoxy) is 1. The van der Waals surface area contributed by atoms with Crippen molar-refractivity contribution in [3.05, 3.63) is 71.2 Å². The number of fused-ring (bicyclic) bond motifs is 1. The molecule has 0 aliphatic carbocycles. The van der Waals surface area contributed by atoms with E-state index in [2.05, 4.69) is 4.98 Å². The summed E-state index contributed by atoms with van der Waals surface area (Å²) in [6.07, 6.45) is 0.268. The van der Waals surface area contributed by atoms with E-state index in [1.807, 2.05) is 29.6 Å². The number of nitrogens with zero attached hydrogens (tertiary/aromatic N) is 2. The van der Waals surface area contributed by atoms with Crippen molar-refractivity contribution >= 4 is 27.7 Å². The average Bonchev–Trinajstić information content (AvgIpc) is 3.07. The maximum Gasteiger partial charge on any atom is 0.404 e. The van der Waals surface area contributed by atoms with Gasteiger partial charge in [0.05, 0.1) is 12.3 Å². The molecule has 1 aliphatic heterocycles. The molecular formula is C25H25FN4O6S. The standard InChI is InChI=1S/C25H25FN4O6S/c1-15-19(4-6-21(23(15)26)37(34,35)11-8-28-25(32)33)24(31)30-9-10-36-20-5-2-16(12-18(20)14-30)17-3-7-22(27)29-13-17/h2-7,12-13,28H,8-11,14H2,1H3,(H2,27,29)(H,32,33). The number of sulfone groups is 1. The van der Waals surface area contributed by atoms with E-state index in [1.54, 1.807) is 12.3 Å². The van der Waals surface area contributed by atoms with Crippen molar-refractivity contribution < 1.29 is 32.2 Å². The highest BCUT2D eigenvalue weighted by molar-refractivity contribution is 7.91. The Balaban J connectivity index is 1.58. The predicted molar refractivity (Wildman–Crippen MR) is 134 cm³/mol. The van der Waals surface area contributed by atoms with Crippen LogP contribution in [0.3, 0.4) is 0 Å². The van der Waals surface area contributed by atoms with Gasteiger partial charge in [0.2, 0.25) is 0 Å². The van der Waals surface area contributed by atoms with E-state index in [1.165, 1.54) is 17.9 Å². The van der Waals surface area contributed by atoms with Gasteiger partial charge >= 0.3 is 6.09 Å². The van der Waals surface area contributed by atoms with E-state index in [0.29, 0.717) is 11.6 Å². The van der Waals surface area contributed by atoms with Crippen molar-refractivity contribution in [2.45, 2.75) is 18.4 Å². The first kappa shape index (κ1) is 25.9. The third kappa shape index (κ3) is 5.64. The van der Waals surface area contributed by atoms with Crippen LogP contribution in [0.5, 0.6) is 5.75 Å². The number of carbonyl (C=O) groups excluding carboxylic acids is 1. The van der Waals surface area contributed by atoms with Crippen LogP contribution in [0.2, 0.25) is 0 Å². The van der Waals surface area contributed by atoms with Crippen molar-refractivity contribution in [3.8, 4) is 16.9 Å². The molecule has 2 amide bonds. The largest absolute Gasteiger partial charge is 0.491 e. The Morgan fingerprint density at radius 2 is 1.95 bits per heavy atom. The van der Waals surface area contributed by atoms with Crippen LogP contribution in [0.4, 0.5) is 15.0 Å². The number of nitrogens with one attached hydrogen (secondary N) is 1. The van der Waals surface area contributed by atoms with E-state index >= 15 is 4.39 Å². The van der Waals surface area contributed by atoms with Crippen LogP contribution in [0.25, 0.3) is 11.1 Å². The Labute approximate surface area is 212 Å². The van der Waals surface area contributed by atoms with Gasteiger partial charge < -0.3 is 25.8 Å². The van der Waals surface area contributed by atoms with Crippen LogP contribution in [0.15, 0.2) is 53.6 Å². The summed E-state index contributed by atoms with van der Waals surface area (Å²) in [5.74, 6) is -1.09. The summed E-state index contributed by atoms with van der Waals surface area (Å²) in [5, 5.41) is 10.6. The van der Waals surface area contributed by atoms with Crippen LogP contribution in [0, 0.1) is 12.7 Å². The van der Waals surface area contributed by atoms with Crippen LogP contribution >= 0.6 is 0 Å². The minimum Gasteiger partial charge on any atom is -0.491 e. The number of aromatic nitrogens is 1. The number of nitrogens with two attached hydrogens (primary N) is 1. The fourth-order valence-electron chi connectivity index (χ4n) is 4.03. The zero-order chi connectivity index (χ0) is 26.7. The number of nitrogen functional groups attached to an aromatic ring is 1. The van der Waals surface area contributed by atoms with Crippen molar-refractivity contribution in [2.75, 3.05) is 31.2 Å². The number of rotatable bonds is 6. The first-order valence-corrected chi connectivity index (χ1v) is 13.0. The lowest BCUT2D eigenvalue weighted by atomic mass is 10.0. The van der Waals surface area contributed by atoms with E-state index in [-0.39, 0.29) is 30.8 Å². The number of carbonyl (C=O) groups is 2. The first-order chi connectivity index (χ1) is 17.6. The van der Waals surface area contributed by atoms with Crippen LogP contribution in [-0.4, -0.2) is 60.9 Å². The molecule has 0 atom stereocenters. The zero-order valence-electron chi connectivity index (χ0n) is 19.9. The lowest BCUT2D eigenvalue weighted by molar-refractivity contribution is 0.0731. The van der Waals surface area contributed by atoms with E-state index in [9.17, 15) is 18.0 Å². The minimum absolute atomic E-state index is 0.0300. The molecule has 10 nitrogen and oxygen atoms in total. The van der Waals surface area contributed by atoms with Gasteiger partial charge in [0.15, 0.2) is 9.84 Å². The summed E-state index contributed by atoms with van der Waals surface area (Å²) in [5.41, 5.74) is 8.05. The Morgan fingerprint density at radius 3 is 2.65 bits per heavy atom. The molecule has 0 unspecified atom stereocenters. The molecule has 0 spiro atoms. The molecule has 194 valence electrons. The molecule has 1 aromatic heterocycles. The van der Waals surface area contributed by atoms with Gasteiger partial charge in [-0.1, -0.05) is 6.07 Å². The van der Waals surface area contributed by atoms with Gasteiger partial charge in [-0.05, 0) is 54.4 Å². The molecule has 1 aliphatic rings. The second-order valence-electron chi connectivity index (χ2n) is 8.47. The zero-order valence-corrected chi connectivity index (χ0v) is 20.7. The molecule has 0 saturated carbocycles. The first-order valence-electron chi connectivity index (χ1n) is 11.3. The second-order valence-corrected chi connectivity index (χ2v) is 10.5. The number of benzene rings is 2. The van der Waals surface area contributed by atoms with Crippen LogP contribution in [0.1, 0.15) is 21.5 Å². The van der Waals surface area contributed by atoms with Gasteiger partial charge in [-0.25, -0.2) is 22.6 Å². The van der Waals surface area contributed by atoms with Gasteiger partial charge in [-0.2, -0.15) is 0 Å². The molecule has 12 heteroatoms. The Morgan fingerprint density at radius 1 is 1.19 bits per heavy atom. The van der Waals surface area contributed by atoms with Crippen molar-refractivity contribution in [2.24, 2.45) is 0 Å². The third-order valence-corrected chi connectivity index (χ3v) is 7.74. The van der Waals surface area contributed by atoms with Crippen molar-refractivity contribution in [3.63, 3.8) is 0 Å². The van der Waals surface area contributed by atoms with E-state index in [4.69, 9.17) is 15.6 Å². The molecule has 2 heterocycles. The number of amides is 2. The van der Waals surface area contributed by atoms with E-state index < -0.39 is 44.8 Å². The van der Waals surface area contributed by atoms with Crippen molar-refractivity contribution in [1.29, 1.82) is 0 Å². The molecule has 37 heavy (non-hydrogen) atoms. The monoisotopic (exact) mass is 528 g/mol. The number of pyridine rings is 1. The van der Waals surface area contributed by atoms with Crippen molar-refractivity contribution in [1.82, 2.24) is 15.2 Å². The van der Waals surface area contributed by atoms with Crippen LogP contribution in [-0.2, 0) is 16.4 Å². The smallest absolute Gasteiger partial charge is 0.404 e. The highest BCUT2D eigenvalue weighted by Crippen LogP contribution is 2.30. The molecule has 0 radical (unpaired) electrons. The number of halogens is 1. The fourth-order valence-corrected chi connectivity index (χ4v) is 5.32. The average molecular weight is 529 g/mol. The normalized spacial score (nSPS) is 13.3. The van der Waals surface area contributed by atoms with Gasteiger partial charge in [0, 0.05) is 36.0 Å². The summed E-state index contributed by atoms with van der Waals surface area (Å²) >= 11 is 0. The number of hydrogen-bond donors (Lipinski definition) is 3. The topological polar surface area (TPSA) is 152 Å². The fraction of sp³-hybridized carbons (Fsp3) is 0.240. The van der Waals surface area contributed by atoms with Gasteiger partial charge in [-0.15, -0.1) is 0 Å². The quantitative estimate of drug-likeness (QED) is 0.442. The molecule has 4 N–H and O–H groups in total. The molecule has 0 fully saturated rings.